The second-order valence-corrected chi connectivity index (χ2v) is 4.85. The van der Waals surface area contributed by atoms with Crippen LogP contribution >= 0.6 is 11.8 Å². The number of carboxylic acid groups (broad SMARTS) is 1. The molecule has 5 heteroatoms. The van der Waals surface area contributed by atoms with Crippen molar-refractivity contribution in [1.82, 2.24) is 4.98 Å². The van der Waals surface area contributed by atoms with Gasteiger partial charge < -0.3 is 9.52 Å². The van der Waals surface area contributed by atoms with E-state index < -0.39 is 5.97 Å². The number of hydrogen-bond acceptors (Lipinski definition) is 4. The van der Waals surface area contributed by atoms with Gasteiger partial charge in [-0.15, -0.1) is 0 Å². The summed E-state index contributed by atoms with van der Waals surface area (Å²) in [7, 11) is 0. The van der Waals surface area contributed by atoms with Crippen LogP contribution < -0.4 is 0 Å². The van der Waals surface area contributed by atoms with E-state index >= 15 is 0 Å². The van der Waals surface area contributed by atoms with Gasteiger partial charge >= 0.3 is 5.97 Å². The van der Waals surface area contributed by atoms with Gasteiger partial charge in [-0.25, -0.2) is 4.98 Å². The Balaban J connectivity index is 2.02. The van der Waals surface area contributed by atoms with Crippen molar-refractivity contribution >= 4 is 17.7 Å². The lowest BCUT2D eigenvalue weighted by molar-refractivity contribution is -0.136. The normalized spacial score (nSPS) is 17.9. The maximum Gasteiger partial charge on any atom is 0.312 e. The van der Waals surface area contributed by atoms with Crippen LogP contribution in [-0.4, -0.2) is 27.6 Å². The summed E-state index contributed by atoms with van der Waals surface area (Å²) in [6, 6.07) is 0. The molecule has 0 radical (unpaired) electrons. The summed E-state index contributed by atoms with van der Waals surface area (Å²) >= 11 is 1.96. The van der Waals surface area contributed by atoms with Gasteiger partial charge in [0.1, 0.15) is 12.7 Å². The molecule has 1 aliphatic rings. The third-order valence-electron chi connectivity index (χ3n) is 2.51. The zero-order valence-electron chi connectivity index (χ0n) is 8.31. The molecular weight excluding hydrogens is 214 g/mol. The van der Waals surface area contributed by atoms with Gasteiger partial charge in [0.25, 0.3) is 0 Å². The monoisotopic (exact) mass is 227 g/mol. The highest BCUT2D eigenvalue weighted by Crippen LogP contribution is 2.30. The Morgan fingerprint density at radius 2 is 2.33 bits per heavy atom. The largest absolute Gasteiger partial charge is 0.481 e. The predicted octanol–water partition coefficient (Wildman–Crippen LogP) is 1.91. The lowest BCUT2D eigenvalue weighted by Crippen LogP contribution is -2.08. The Morgan fingerprint density at radius 1 is 1.60 bits per heavy atom. The van der Waals surface area contributed by atoms with E-state index in [1.165, 1.54) is 0 Å². The molecule has 1 saturated heterocycles. The van der Waals surface area contributed by atoms with E-state index in [2.05, 4.69) is 4.98 Å². The van der Waals surface area contributed by atoms with Gasteiger partial charge in [0.2, 0.25) is 5.89 Å². The molecule has 0 unspecified atom stereocenters. The van der Waals surface area contributed by atoms with Crippen LogP contribution in [0.4, 0.5) is 0 Å². The van der Waals surface area contributed by atoms with Crippen LogP contribution in [0.15, 0.2) is 10.7 Å². The number of hydrogen-bond donors (Lipinski definition) is 1. The first-order chi connectivity index (χ1) is 7.25. The highest BCUT2D eigenvalue weighted by molar-refractivity contribution is 7.99. The fraction of sp³-hybridized carbons (Fsp3) is 0.600. The van der Waals surface area contributed by atoms with Gasteiger partial charge in [-0.2, -0.15) is 11.8 Å². The minimum atomic E-state index is -0.900. The first-order valence-electron chi connectivity index (χ1n) is 4.99. The highest BCUT2D eigenvalue weighted by atomic mass is 32.2. The van der Waals surface area contributed by atoms with E-state index in [9.17, 15) is 4.79 Å². The van der Waals surface area contributed by atoms with Gasteiger partial charge in [0.15, 0.2) is 0 Å². The van der Waals surface area contributed by atoms with Crippen molar-refractivity contribution < 1.29 is 14.3 Å². The summed E-state index contributed by atoms with van der Waals surface area (Å²) in [5.41, 5.74) is 0.923. The third-order valence-corrected chi connectivity index (χ3v) is 3.56. The number of carboxylic acids is 1. The van der Waals surface area contributed by atoms with Gasteiger partial charge in [-0.3, -0.25) is 4.79 Å². The first-order valence-corrected chi connectivity index (χ1v) is 6.15. The van der Waals surface area contributed by atoms with E-state index in [-0.39, 0.29) is 6.42 Å². The molecule has 0 atom stereocenters. The summed E-state index contributed by atoms with van der Waals surface area (Å²) < 4.78 is 5.13. The summed E-state index contributed by atoms with van der Waals surface area (Å²) in [5.74, 6) is 2.19. The van der Waals surface area contributed by atoms with Crippen molar-refractivity contribution in [3.05, 3.63) is 17.8 Å². The lowest BCUT2D eigenvalue weighted by Gasteiger charge is -2.18. The van der Waals surface area contributed by atoms with Crippen LogP contribution in [0.1, 0.15) is 30.3 Å². The van der Waals surface area contributed by atoms with Gasteiger partial charge in [0, 0.05) is 5.92 Å². The maximum absolute atomic E-state index is 10.5. The number of thioether (sulfide) groups is 1. The topological polar surface area (TPSA) is 63.3 Å². The molecular formula is C10H13NO3S. The fourth-order valence-corrected chi connectivity index (χ4v) is 2.82. The molecule has 1 aliphatic heterocycles. The van der Waals surface area contributed by atoms with Gasteiger partial charge in [-0.1, -0.05) is 0 Å². The van der Waals surface area contributed by atoms with Crippen LogP contribution in [0, 0.1) is 0 Å². The van der Waals surface area contributed by atoms with Crippen LogP contribution in [-0.2, 0) is 11.2 Å². The standard InChI is InChI=1S/C10H13NO3S/c12-10(13)5-9-11-8(6-14-9)7-1-3-15-4-2-7/h6-7H,1-5H2,(H,12,13). The van der Waals surface area contributed by atoms with Gasteiger partial charge in [-0.05, 0) is 24.3 Å². The molecule has 1 N–H and O–H groups in total. The molecule has 2 rings (SSSR count). The zero-order valence-corrected chi connectivity index (χ0v) is 9.13. The zero-order chi connectivity index (χ0) is 10.7. The van der Waals surface area contributed by atoms with Crippen molar-refractivity contribution in [2.24, 2.45) is 0 Å². The van der Waals surface area contributed by atoms with Crippen LogP contribution in [0.5, 0.6) is 0 Å². The Morgan fingerprint density at radius 3 is 3.00 bits per heavy atom. The Hall–Kier alpha value is -0.970. The molecule has 2 heterocycles. The fourth-order valence-electron chi connectivity index (χ4n) is 1.72. The van der Waals surface area contributed by atoms with E-state index in [4.69, 9.17) is 9.52 Å². The second kappa shape index (κ2) is 4.70. The summed E-state index contributed by atoms with van der Waals surface area (Å²) in [5, 5.41) is 8.58. The summed E-state index contributed by atoms with van der Waals surface area (Å²) in [6.07, 6.45) is 3.72. The number of nitrogens with zero attached hydrogens (tertiary/aromatic N) is 1. The average molecular weight is 227 g/mol. The molecule has 15 heavy (non-hydrogen) atoms. The van der Waals surface area contributed by atoms with Crippen molar-refractivity contribution in [3.8, 4) is 0 Å². The van der Waals surface area contributed by atoms with Crippen LogP contribution in [0.3, 0.4) is 0 Å². The third kappa shape index (κ3) is 2.75. The van der Waals surface area contributed by atoms with E-state index in [1.54, 1.807) is 6.26 Å². The summed E-state index contributed by atoms with van der Waals surface area (Å²) in [4.78, 5) is 14.7. The van der Waals surface area contributed by atoms with Crippen LogP contribution in [0.25, 0.3) is 0 Å². The number of oxazole rings is 1. The number of aliphatic carboxylic acids is 1. The molecule has 0 bridgehead atoms. The molecule has 1 fully saturated rings. The molecule has 1 aromatic heterocycles. The first kappa shape index (κ1) is 10.5. The maximum atomic E-state index is 10.5. The molecule has 0 aromatic carbocycles. The van der Waals surface area contributed by atoms with Crippen molar-refractivity contribution in [1.29, 1.82) is 0 Å². The highest BCUT2D eigenvalue weighted by Gasteiger charge is 2.19. The SMILES string of the molecule is O=C(O)Cc1nc(C2CCSCC2)co1. The Labute approximate surface area is 92.1 Å². The minimum absolute atomic E-state index is 0.124. The molecule has 0 aliphatic carbocycles. The van der Waals surface area contributed by atoms with E-state index in [0.29, 0.717) is 11.8 Å². The second-order valence-electron chi connectivity index (χ2n) is 3.62. The Bertz CT molecular complexity index is 344. The van der Waals surface area contributed by atoms with Crippen molar-refractivity contribution in [3.63, 3.8) is 0 Å². The van der Waals surface area contributed by atoms with Crippen molar-refractivity contribution in [2.75, 3.05) is 11.5 Å². The molecule has 4 nitrogen and oxygen atoms in total. The quantitative estimate of drug-likeness (QED) is 0.854. The number of rotatable bonds is 3. The smallest absolute Gasteiger partial charge is 0.312 e. The van der Waals surface area contributed by atoms with Gasteiger partial charge in [0.05, 0.1) is 5.69 Å². The lowest BCUT2D eigenvalue weighted by atomic mass is 10.00. The molecule has 0 spiro atoms. The van der Waals surface area contributed by atoms with E-state index in [0.717, 1.165) is 30.0 Å². The Kier molecular flexibility index (Phi) is 3.30. The van der Waals surface area contributed by atoms with E-state index in [1.807, 2.05) is 11.8 Å². The minimum Gasteiger partial charge on any atom is -0.481 e. The number of carbonyl (C=O) groups is 1. The summed E-state index contributed by atoms with van der Waals surface area (Å²) in [6.45, 7) is 0. The predicted molar refractivity (Wildman–Crippen MR) is 57.1 cm³/mol. The molecule has 1 aromatic rings. The molecule has 0 amide bonds. The van der Waals surface area contributed by atoms with Crippen molar-refractivity contribution in [2.45, 2.75) is 25.2 Å². The number of aromatic nitrogens is 1. The molecule has 0 saturated carbocycles. The average Bonchev–Trinajstić information content (AvgIpc) is 2.67. The molecule has 82 valence electrons. The van der Waals surface area contributed by atoms with Crippen LogP contribution in [0.2, 0.25) is 0 Å².